The molecule has 1 aliphatic carbocycles. The van der Waals surface area contributed by atoms with E-state index in [0.717, 1.165) is 31.6 Å². The number of hydrogen-bond acceptors (Lipinski definition) is 2. The largest absolute Gasteiger partial charge is 0.480 e. The van der Waals surface area contributed by atoms with Gasteiger partial charge in [-0.05, 0) is 52.4 Å². The van der Waals surface area contributed by atoms with Crippen LogP contribution in [0.2, 0.25) is 0 Å². The van der Waals surface area contributed by atoms with Gasteiger partial charge in [0.2, 0.25) is 0 Å². The lowest BCUT2D eigenvalue weighted by molar-refractivity contribution is -0.147. The number of rotatable bonds is 5. The number of aliphatic carboxylic acids is 1. The Labute approximate surface area is 121 Å². The minimum atomic E-state index is -1.18. The van der Waals surface area contributed by atoms with Crippen molar-refractivity contribution < 1.29 is 14.7 Å². The summed E-state index contributed by atoms with van der Waals surface area (Å²) in [6, 6.07) is -0.0798. The lowest BCUT2D eigenvalue weighted by Gasteiger charge is -2.36. The van der Waals surface area contributed by atoms with Crippen LogP contribution in [0.5, 0.6) is 0 Å². The molecule has 5 heteroatoms. The molecule has 2 amide bonds. The molecule has 1 fully saturated rings. The number of hydrogen-bond donors (Lipinski definition) is 2. The van der Waals surface area contributed by atoms with E-state index in [2.05, 4.69) is 12.2 Å². The Kier molecular flexibility index (Phi) is 5.84. The summed E-state index contributed by atoms with van der Waals surface area (Å²) in [7, 11) is 0. The van der Waals surface area contributed by atoms with Crippen LogP contribution in [0.25, 0.3) is 0 Å². The Balaban J connectivity index is 2.59. The van der Waals surface area contributed by atoms with Gasteiger partial charge < -0.3 is 15.3 Å². The molecule has 0 radical (unpaired) electrons. The molecule has 0 bridgehead atoms. The standard InChI is InChI=1S/C15H28N2O3/c1-5-11-7-9-12(10-8-11)16-14(20)17(6-2)15(3,4)13(18)19/h11-12H,5-10H2,1-4H3,(H,16,20)(H,18,19). The number of amides is 2. The van der Waals surface area contributed by atoms with E-state index in [1.54, 1.807) is 20.8 Å². The molecule has 0 spiro atoms. The average Bonchev–Trinajstić information content (AvgIpc) is 2.39. The summed E-state index contributed by atoms with van der Waals surface area (Å²) in [6.07, 6.45) is 5.49. The van der Waals surface area contributed by atoms with Crippen LogP contribution in [0.4, 0.5) is 4.79 Å². The van der Waals surface area contributed by atoms with E-state index in [4.69, 9.17) is 0 Å². The highest BCUT2D eigenvalue weighted by atomic mass is 16.4. The zero-order valence-electron chi connectivity index (χ0n) is 13.1. The molecule has 1 aliphatic rings. The molecular formula is C15H28N2O3. The van der Waals surface area contributed by atoms with Crippen LogP contribution >= 0.6 is 0 Å². The maximum absolute atomic E-state index is 12.3. The van der Waals surface area contributed by atoms with Gasteiger partial charge in [0.05, 0.1) is 0 Å². The van der Waals surface area contributed by atoms with E-state index in [-0.39, 0.29) is 12.1 Å². The molecule has 0 heterocycles. The number of carboxylic acids is 1. The van der Waals surface area contributed by atoms with Gasteiger partial charge in [-0.1, -0.05) is 13.3 Å². The van der Waals surface area contributed by atoms with Crippen LogP contribution in [0.3, 0.4) is 0 Å². The first-order valence-corrected chi connectivity index (χ1v) is 7.64. The fourth-order valence-electron chi connectivity index (χ4n) is 2.88. The van der Waals surface area contributed by atoms with Gasteiger partial charge in [-0.2, -0.15) is 0 Å². The molecular weight excluding hydrogens is 256 g/mol. The van der Waals surface area contributed by atoms with Crippen LogP contribution in [0.15, 0.2) is 0 Å². The lowest BCUT2D eigenvalue weighted by Crippen LogP contribution is -2.57. The van der Waals surface area contributed by atoms with Gasteiger partial charge in [0.1, 0.15) is 5.54 Å². The number of nitrogens with one attached hydrogen (secondary N) is 1. The van der Waals surface area contributed by atoms with E-state index in [1.807, 2.05) is 0 Å². The van der Waals surface area contributed by atoms with Crippen molar-refractivity contribution >= 4 is 12.0 Å². The van der Waals surface area contributed by atoms with E-state index >= 15 is 0 Å². The third-order valence-electron chi connectivity index (χ3n) is 4.51. The maximum atomic E-state index is 12.3. The minimum Gasteiger partial charge on any atom is -0.480 e. The summed E-state index contributed by atoms with van der Waals surface area (Å²) in [4.78, 5) is 25.0. The Morgan fingerprint density at radius 3 is 2.15 bits per heavy atom. The predicted molar refractivity (Wildman–Crippen MR) is 78.7 cm³/mol. The summed E-state index contributed by atoms with van der Waals surface area (Å²) in [5.41, 5.74) is -1.18. The van der Waals surface area contributed by atoms with Crippen molar-refractivity contribution in [1.29, 1.82) is 0 Å². The monoisotopic (exact) mass is 284 g/mol. The minimum absolute atomic E-state index is 0.184. The third kappa shape index (κ3) is 3.87. The van der Waals surface area contributed by atoms with Crippen molar-refractivity contribution in [2.24, 2.45) is 5.92 Å². The van der Waals surface area contributed by atoms with E-state index in [0.29, 0.717) is 6.54 Å². The molecule has 5 nitrogen and oxygen atoms in total. The Bertz CT molecular complexity index is 347. The first-order chi connectivity index (χ1) is 9.32. The lowest BCUT2D eigenvalue weighted by atomic mass is 9.84. The first kappa shape index (κ1) is 16.8. The van der Waals surface area contributed by atoms with E-state index in [9.17, 15) is 14.7 Å². The summed E-state index contributed by atoms with van der Waals surface area (Å²) in [5, 5.41) is 12.2. The van der Waals surface area contributed by atoms with Gasteiger partial charge >= 0.3 is 12.0 Å². The molecule has 1 rings (SSSR count). The summed E-state index contributed by atoms with van der Waals surface area (Å²) < 4.78 is 0. The SMILES string of the molecule is CCC1CCC(NC(=O)N(CC)C(C)(C)C(=O)O)CC1. The number of urea groups is 1. The van der Waals surface area contributed by atoms with Crippen LogP contribution < -0.4 is 5.32 Å². The molecule has 0 unspecified atom stereocenters. The van der Waals surface area contributed by atoms with Crippen molar-refractivity contribution in [2.75, 3.05) is 6.54 Å². The van der Waals surface area contributed by atoms with Crippen LogP contribution in [-0.2, 0) is 4.79 Å². The topological polar surface area (TPSA) is 69.6 Å². The van der Waals surface area contributed by atoms with Crippen molar-refractivity contribution in [3.8, 4) is 0 Å². The molecule has 20 heavy (non-hydrogen) atoms. The van der Waals surface area contributed by atoms with Crippen molar-refractivity contribution in [3.63, 3.8) is 0 Å². The number of carbonyl (C=O) groups excluding carboxylic acids is 1. The molecule has 0 aromatic heterocycles. The van der Waals surface area contributed by atoms with Gasteiger partial charge in [0.25, 0.3) is 0 Å². The Morgan fingerprint density at radius 1 is 1.20 bits per heavy atom. The van der Waals surface area contributed by atoms with E-state index < -0.39 is 11.5 Å². The number of carboxylic acid groups (broad SMARTS) is 1. The fourth-order valence-corrected chi connectivity index (χ4v) is 2.88. The second-order valence-corrected chi connectivity index (χ2v) is 6.18. The van der Waals surface area contributed by atoms with Gasteiger partial charge in [-0.25, -0.2) is 9.59 Å². The quantitative estimate of drug-likeness (QED) is 0.815. The summed E-state index contributed by atoms with van der Waals surface area (Å²) >= 11 is 0. The molecule has 0 aromatic carbocycles. The predicted octanol–water partition coefficient (Wildman–Crippen LogP) is 2.85. The van der Waals surface area contributed by atoms with Crippen molar-refractivity contribution in [1.82, 2.24) is 10.2 Å². The number of likely N-dealkylation sites (N-methyl/N-ethyl adjacent to an activating group) is 1. The molecule has 2 N–H and O–H groups in total. The number of nitrogens with zero attached hydrogens (tertiary/aromatic N) is 1. The van der Waals surface area contributed by atoms with Gasteiger partial charge in [0, 0.05) is 12.6 Å². The third-order valence-corrected chi connectivity index (χ3v) is 4.51. The smallest absolute Gasteiger partial charge is 0.329 e. The summed E-state index contributed by atoms with van der Waals surface area (Å²) in [5.74, 6) is -0.204. The van der Waals surface area contributed by atoms with Crippen molar-refractivity contribution in [2.45, 2.75) is 71.4 Å². The van der Waals surface area contributed by atoms with Crippen molar-refractivity contribution in [3.05, 3.63) is 0 Å². The molecule has 0 aromatic rings. The highest BCUT2D eigenvalue weighted by Gasteiger charge is 2.37. The molecule has 0 saturated heterocycles. The molecule has 0 atom stereocenters. The molecule has 116 valence electrons. The number of carbonyl (C=O) groups is 2. The Hall–Kier alpha value is -1.26. The van der Waals surface area contributed by atoms with Gasteiger partial charge in [-0.3, -0.25) is 0 Å². The van der Waals surface area contributed by atoms with Gasteiger partial charge in [0.15, 0.2) is 0 Å². The average molecular weight is 284 g/mol. The molecule has 0 aliphatic heterocycles. The first-order valence-electron chi connectivity index (χ1n) is 7.64. The summed E-state index contributed by atoms with van der Waals surface area (Å²) in [6.45, 7) is 7.52. The highest BCUT2D eigenvalue weighted by Crippen LogP contribution is 2.26. The van der Waals surface area contributed by atoms with Crippen LogP contribution in [0, 0.1) is 5.92 Å². The van der Waals surface area contributed by atoms with Crippen LogP contribution in [0.1, 0.15) is 59.8 Å². The van der Waals surface area contributed by atoms with Crippen LogP contribution in [-0.4, -0.2) is 40.1 Å². The van der Waals surface area contributed by atoms with Gasteiger partial charge in [-0.15, -0.1) is 0 Å². The zero-order valence-corrected chi connectivity index (χ0v) is 13.1. The highest BCUT2D eigenvalue weighted by molar-refractivity contribution is 5.85. The maximum Gasteiger partial charge on any atom is 0.329 e. The second-order valence-electron chi connectivity index (χ2n) is 6.18. The zero-order chi connectivity index (χ0) is 15.3. The Morgan fingerprint density at radius 2 is 1.75 bits per heavy atom. The fraction of sp³-hybridized carbons (Fsp3) is 0.867. The van der Waals surface area contributed by atoms with E-state index in [1.165, 1.54) is 11.3 Å². The second kappa shape index (κ2) is 6.95. The molecule has 1 saturated carbocycles. The normalized spacial score (nSPS) is 23.2.